The zero-order valence-corrected chi connectivity index (χ0v) is 19.8. The number of hydrogen-bond acceptors (Lipinski definition) is 7. The van der Waals surface area contributed by atoms with Crippen molar-refractivity contribution in [2.75, 3.05) is 23.7 Å². The SMILES string of the molecule is Cc1cnc(Nc2cnn(C)c2)nc1NC1CCC2(CC1)CCN(C(=O)OC(C)(C)C)C2. The van der Waals surface area contributed by atoms with Crippen molar-refractivity contribution in [3.63, 3.8) is 0 Å². The Labute approximate surface area is 189 Å². The second kappa shape index (κ2) is 8.60. The summed E-state index contributed by atoms with van der Waals surface area (Å²) in [6.07, 6.45) is 10.7. The number of ether oxygens (including phenoxy) is 1. The Balaban J connectivity index is 1.32. The van der Waals surface area contributed by atoms with Gasteiger partial charge < -0.3 is 20.3 Å². The van der Waals surface area contributed by atoms with E-state index in [4.69, 9.17) is 4.74 Å². The summed E-state index contributed by atoms with van der Waals surface area (Å²) in [5.41, 5.74) is 1.66. The predicted octanol–water partition coefficient (Wildman–Crippen LogP) is 4.24. The Kier molecular flexibility index (Phi) is 6.01. The second-order valence-corrected chi connectivity index (χ2v) is 10.3. The first-order valence-corrected chi connectivity index (χ1v) is 11.4. The topological polar surface area (TPSA) is 97.2 Å². The maximum Gasteiger partial charge on any atom is 0.410 e. The first-order chi connectivity index (χ1) is 15.1. The van der Waals surface area contributed by atoms with Gasteiger partial charge in [-0.2, -0.15) is 10.1 Å². The normalized spacial score (nSPS) is 23.4. The third-order valence-corrected chi connectivity index (χ3v) is 6.41. The highest BCUT2D eigenvalue weighted by molar-refractivity contribution is 5.68. The Morgan fingerprint density at radius 1 is 1.22 bits per heavy atom. The number of nitrogens with zero attached hydrogens (tertiary/aromatic N) is 5. The number of rotatable bonds is 4. The Hall–Kier alpha value is -2.84. The van der Waals surface area contributed by atoms with Crippen LogP contribution in [0, 0.1) is 12.3 Å². The number of likely N-dealkylation sites (tertiary alicyclic amines) is 1. The van der Waals surface area contributed by atoms with Crippen molar-refractivity contribution in [2.45, 2.75) is 71.4 Å². The molecule has 0 aromatic carbocycles. The molecule has 174 valence electrons. The lowest BCUT2D eigenvalue weighted by Crippen LogP contribution is -2.39. The van der Waals surface area contributed by atoms with Gasteiger partial charge in [0.15, 0.2) is 0 Å². The summed E-state index contributed by atoms with van der Waals surface area (Å²) in [7, 11) is 1.88. The number of aromatic nitrogens is 4. The van der Waals surface area contributed by atoms with Gasteiger partial charge in [-0.25, -0.2) is 9.78 Å². The molecule has 32 heavy (non-hydrogen) atoms. The van der Waals surface area contributed by atoms with Gasteiger partial charge in [0.2, 0.25) is 5.95 Å². The second-order valence-electron chi connectivity index (χ2n) is 10.3. The van der Waals surface area contributed by atoms with Gasteiger partial charge in [0, 0.05) is 44.1 Å². The van der Waals surface area contributed by atoms with E-state index in [1.165, 1.54) is 0 Å². The Morgan fingerprint density at radius 3 is 2.62 bits per heavy atom. The number of aryl methyl sites for hydroxylation is 2. The summed E-state index contributed by atoms with van der Waals surface area (Å²) in [4.78, 5) is 23.4. The number of carbonyl (C=O) groups is 1. The van der Waals surface area contributed by atoms with Crippen molar-refractivity contribution >= 4 is 23.5 Å². The number of hydrogen-bond donors (Lipinski definition) is 2. The fourth-order valence-electron chi connectivity index (χ4n) is 4.66. The van der Waals surface area contributed by atoms with Crippen molar-refractivity contribution in [3.05, 3.63) is 24.2 Å². The molecule has 2 aromatic heterocycles. The molecule has 0 radical (unpaired) electrons. The molecule has 0 atom stereocenters. The van der Waals surface area contributed by atoms with Crippen LogP contribution in [0.25, 0.3) is 0 Å². The van der Waals surface area contributed by atoms with Crippen LogP contribution >= 0.6 is 0 Å². The minimum atomic E-state index is -0.450. The maximum atomic E-state index is 12.5. The van der Waals surface area contributed by atoms with Crippen molar-refractivity contribution in [2.24, 2.45) is 12.5 Å². The molecule has 1 aliphatic carbocycles. The fourth-order valence-corrected chi connectivity index (χ4v) is 4.66. The van der Waals surface area contributed by atoms with E-state index in [1.54, 1.807) is 10.9 Å². The highest BCUT2D eigenvalue weighted by Gasteiger charge is 2.43. The molecular weight excluding hydrogens is 406 g/mol. The molecule has 4 rings (SSSR count). The summed E-state index contributed by atoms with van der Waals surface area (Å²) in [6.45, 7) is 9.37. The highest BCUT2D eigenvalue weighted by atomic mass is 16.6. The molecule has 2 N–H and O–H groups in total. The number of nitrogens with one attached hydrogen (secondary N) is 2. The van der Waals surface area contributed by atoms with Crippen molar-refractivity contribution < 1.29 is 9.53 Å². The number of anilines is 3. The third kappa shape index (κ3) is 5.31. The molecule has 0 bridgehead atoms. The van der Waals surface area contributed by atoms with Crippen LogP contribution in [0.3, 0.4) is 0 Å². The first kappa shape index (κ1) is 22.4. The van der Waals surface area contributed by atoms with Crippen LogP contribution in [0.4, 0.5) is 22.2 Å². The number of carbonyl (C=O) groups excluding carboxylic acids is 1. The van der Waals surface area contributed by atoms with Crippen molar-refractivity contribution in [3.8, 4) is 0 Å². The lowest BCUT2D eigenvalue weighted by molar-refractivity contribution is 0.0261. The van der Waals surface area contributed by atoms with E-state index in [0.29, 0.717) is 12.0 Å². The van der Waals surface area contributed by atoms with E-state index in [0.717, 1.165) is 62.3 Å². The van der Waals surface area contributed by atoms with Gasteiger partial charge in [-0.3, -0.25) is 4.68 Å². The van der Waals surface area contributed by atoms with Crippen LogP contribution in [-0.2, 0) is 11.8 Å². The van der Waals surface area contributed by atoms with Crippen LogP contribution in [0.15, 0.2) is 18.6 Å². The van der Waals surface area contributed by atoms with Crippen LogP contribution in [0.1, 0.15) is 58.4 Å². The molecule has 9 nitrogen and oxygen atoms in total. The molecule has 0 unspecified atom stereocenters. The zero-order chi connectivity index (χ0) is 22.9. The first-order valence-electron chi connectivity index (χ1n) is 11.4. The molecule has 1 aliphatic heterocycles. The van der Waals surface area contributed by atoms with Crippen LogP contribution in [0.2, 0.25) is 0 Å². The molecule has 2 fully saturated rings. The van der Waals surface area contributed by atoms with Gasteiger partial charge >= 0.3 is 6.09 Å². The van der Waals surface area contributed by atoms with Gasteiger partial charge in [-0.1, -0.05) is 0 Å². The van der Waals surface area contributed by atoms with Gasteiger partial charge in [0.25, 0.3) is 0 Å². The van der Waals surface area contributed by atoms with E-state index < -0.39 is 5.60 Å². The summed E-state index contributed by atoms with van der Waals surface area (Å²) in [6, 6.07) is 0.371. The highest BCUT2D eigenvalue weighted by Crippen LogP contribution is 2.44. The monoisotopic (exact) mass is 441 g/mol. The van der Waals surface area contributed by atoms with Gasteiger partial charge in [0.05, 0.1) is 11.9 Å². The fraction of sp³-hybridized carbons (Fsp3) is 0.652. The van der Waals surface area contributed by atoms with Crippen LogP contribution in [-0.4, -0.2) is 55.5 Å². The lowest BCUT2D eigenvalue weighted by Gasteiger charge is -2.37. The van der Waals surface area contributed by atoms with E-state index in [1.807, 2.05) is 52.0 Å². The summed E-state index contributed by atoms with van der Waals surface area (Å²) >= 11 is 0. The molecule has 1 amide bonds. The van der Waals surface area contributed by atoms with Crippen LogP contribution in [0.5, 0.6) is 0 Å². The summed E-state index contributed by atoms with van der Waals surface area (Å²) < 4.78 is 7.31. The summed E-state index contributed by atoms with van der Waals surface area (Å²) in [5.74, 6) is 1.43. The van der Waals surface area contributed by atoms with Crippen LogP contribution < -0.4 is 10.6 Å². The molecule has 3 heterocycles. The number of amides is 1. The minimum absolute atomic E-state index is 0.181. The van der Waals surface area contributed by atoms with E-state index in [2.05, 4.69) is 25.7 Å². The standard InChI is InChI=1S/C23H35N7O2/c1-16-12-24-20(27-18-13-25-29(5)14-18)28-19(16)26-17-6-8-23(9-7-17)10-11-30(15-23)21(31)32-22(2,3)4/h12-14,17H,6-11,15H2,1-5H3,(H2,24,26,27,28). The maximum absolute atomic E-state index is 12.5. The van der Waals surface area contributed by atoms with Crippen molar-refractivity contribution in [1.29, 1.82) is 0 Å². The zero-order valence-electron chi connectivity index (χ0n) is 19.8. The average Bonchev–Trinajstić information content (AvgIpc) is 3.32. The van der Waals surface area contributed by atoms with Crippen molar-refractivity contribution in [1.82, 2.24) is 24.6 Å². The van der Waals surface area contributed by atoms with E-state index >= 15 is 0 Å². The van der Waals surface area contributed by atoms with Gasteiger partial charge in [-0.15, -0.1) is 0 Å². The Morgan fingerprint density at radius 2 is 1.97 bits per heavy atom. The van der Waals surface area contributed by atoms with Gasteiger partial charge in [0.1, 0.15) is 11.4 Å². The van der Waals surface area contributed by atoms with E-state index in [-0.39, 0.29) is 11.5 Å². The molecule has 2 aliphatic rings. The Bertz CT molecular complexity index is 957. The average molecular weight is 442 g/mol. The predicted molar refractivity (Wildman–Crippen MR) is 124 cm³/mol. The molecule has 1 saturated heterocycles. The van der Waals surface area contributed by atoms with Gasteiger partial charge in [-0.05, 0) is 65.2 Å². The van der Waals surface area contributed by atoms with E-state index in [9.17, 15) is 4.79 Å². The largest absolute Gasteiger partial charge is 0.444 e. The lowest BCUT2D eigenvalue weighted by atomic mass is 9.72. The minimum Gasteiger partial charge on any atom is -0.444 e. The molecule has 2 aromatic rings. The third-order valence-electron chi connectivity index (χ3n) is 6.41. The molecule has 1 spiro atoms. The summed E-state index contributed by atoms with van der Waals surface area (Å²) in [5, 5.41) is 11.0. The quantitative estimate of drug-likeness (QED) is 0.732. The molecule has 9 heteroatoms. The smallest absolute Gasteiger partial charge is 0.410 e. The molecular formula is C23H35N7O2. The molecule has 1 saturated carbocycles.